The fourth-order valence-corrected chi connectivity index (χ4v) is 2.16. The van der Waals surface area contributed by atoms with Gasteiger partial charge in [-0.3, -0.25) is 0 Å². The van der Waals surface area contributed by atoms with Crippen LogP contribution in [0.4, 0.5) is 0 Å². The zero-order valence-corrected chi connectivity index (χ0v) is 10.3. The Morgan fingerprint density at radius 3 is 2.78 bits per heavy atom. The maximum Gasteiger partial charge on any atom is 0.335 e. The van der Waals surface area contributed by atoms with Gasteiger partial charge in [0.05, 0.1) is 22.0 Å². The Bertz CT molecular complexity index is 617. The second-order valence-corrected chi connectivity index (χ2v) is 4.84. The van der Waals surface area contributed by atoms with Crippen LogP contribution in [0.2, 0.25) is 5.02 Å². The highest BCUT2D eigenvalue weighted by Gasteiger charge is 2.26. The monoisotopic (exact) mass is 262 g/mol. The van der Waals surface area contributed by atoms with Crippen molar-refractivity contribution in [3.8, 4) is 5.69 Å². The van der Waals surface area contributed by atoms with Gasteiger partial charge in [0.2, 0.25) is 0 Å². The molecule has 5 heteroatoms. The van der Waals surface area contributed by atoms with Gasteiger partial charge in [0, 0.05) is 12.1 Å². The molecule has 1 aromatic heterocycles. The lowest BCUT2D eigenvalue weighted by Crippen LogP contribution is -2.00. The summed E-state index contributed by atoms with van der Waals surface area (Å²) >= 11 is 6.09. The Hall–Kier alpha value is -1.81. The molecule has 0 atom stereocenters. The molecule has 3 rings (SSSR count). The van der Waals surface area contributed by atoms with Crippen LogP contribution in [0.5, 0.6) is 0 Å². The molecular weight excluding hydrogens is 252 g/mol. The van der Waals surface area contributed by atoms with Gasteiger partial charge in [-0.15, -0.1) is 0 Å². The Labute approximate surface area is 109 Å². The molecule has 1 fully saturated rings. The Morgan fingerprint density at radius 1 is 1.39 bits per heavy atom. The quantitative estimate of drug-likeness (QED) is 0.925. The summed E-state index contributed by atoms with van der Waals surface area (Å²) in [5, 5.41) is 13.7. The SMILES string of the molecule is O=C(O)c1ccc(-n2ccc(C3CC3)n2)c(Cl)c1. The largest absolute Gasteiger partial charge is 0.478 e. The van der Waals surface area contributed by atoms with E-state index in [1.54, 1.807) is 10.7 Å². The number of nitrogens with zero attached hydrogens (tertiary/aromatic N) is 2. The highest BCUT2D eigenvalue weighted by Crippen LogP contribution is 2.39. The number of halogens is 1. The van der Waals surface area contributed by atoms with Gasteiger partial charge >= 0.3 is 5.97 Å². The van der Waals surface area contributed by atoms with Crippen molar-refractivity contribution in [1.82, 2.24) is 9.78 Å². The van der Waals surface area contributed by atoms with Gasteiger partial charge in [-0.2, -0.15) is 5.10 Å². The second kappa shape index (κ2) is 4.14. The number of aromatic nitrogens is 2. The van der Waals surface area contributed by atoms with Crippen LogP contribution in [0.1, 0.15) is 34.8 Å². The van der Waals surface area contributed by atoms with Gasteiger partial charge < -0.3 is 5.11 Å². The minimum absolute atomic E-state index is 0.179. The Balaban J connectivity index is 1.97. The lowest BCUT2D eigenvalue weighted by Gasteiger charge is -2.05. The smallest absolute Gasteiger partial charge is 0.335 e. The van der Waals surface area contributed by atoms with Gasteiger partial charge in [0.25, 0.3) is 0 Å². The summed E-state index contributed by atoms with van der Waals surface area (Å²) < 4.78 is 1.70. The first-order valence-electron chi connectivity index (χ1n) is 5.74. The number of carbonyl (C=O) groups is 1. The van der Waals surface area contributed by atoms with Crippen molar-refractivity contribution in [3.05, 3.63) is 46.7 Å². The zero-order chi connectivity index (χ0) is 12.7. The summed E-state index contributed by atoms with van der Waals surface area (Å²) in [5.41, 5.74) is 1.96. The summed E-state index contributed by atoms with van der Waals surface area (Å²) in [7, 11) is 0. The van der Waals surface area contributed by atoms with E-state index < -0.39 is 5.97 Å². The average molecular weight is 263 g/mol. The minimum Gasteiger partial charge on any atom is -0.478 e. The van der Waals surface area contributed by atoms with E-state index >= 15 is 0 Å². The van der Waals surface area contributed by atoms with Gasteiger partial charge in [-0.05, 0) is 37.1 Å². The minimum atomic E-state index is -0.984. The topological polar surface area (TPSA) is 55.1 Å². The van der Waals surface area contributed by atoms with Crippen LogP contribution in [0.3, 0.4) is 0 Å². The van der Waals surface area contributed by atoms with Crippen molar-refractivity contribution in [2.45, 2.75) is 18.8 Å². The number of carboxylic acids is 1. The van der Waals surface area contributed by atoms with E-state index in [4.69, 9.17) is 16.7 Å². The standard InChI is InChI=1S/C13H11ClN2O2/c14-10-7-9(13(17)18)3-4-12(10)16-6-5-11(15-16)8-1-2-8/h3-8H,1-2H2,(H,17,18). The predicted octanol–water partition coefficient (Wildman–Crippen LogP) is 3.10. The van der Waals surface area contributed by atoms with Crippen molar-refractivity contribution < 1.29 is 9.90 Å². The van der Waals surface area contributed by atoms with E-state index in [2.05, 4.69) is 5.10 Å². The maximum atomic E-state index is 10.8. The summed E-state index contributed by atoms with van der Waals surface area (Å²) in [4.78, 5) is 10.8. The molecule has 1 N–H and O–H groups in total. The number of aromatic carboxylic acids is 1. The third kappa shape index (κ3) is 1.99. The molecule has 0 aliphatic heterocycles. The van der Waals surface area contributed by atoms with Crippen LogP contribution in [0.15, 0.2) is 30.5 Å². The number of benzene rings is 1. The lowest BCUT2D eigenvalue weighted by molar-refractivity contribution is 0.0697. The van der Waals surface area contributed by atoms with Crippen molar-refractivity contribution >= 4 is 17.6 Å². The molecule has 1 aliphatic carbocycles. The number of carboxylic acid groups (broad SMARTS) is 1. The molecule has 4 nitrogen and oxygen atoms in total. The van der Waals surface area contributed by atoms with Crippen LogP contribution in [-0.4, -0.2) is 20.9 Å². The van der Waals surface area contributed by atoms with E-state index in [9.17, 15) is 4.79 Å². The summed E-state index contributed by atoms with van der Waals surface area (Å²) in [5.74, 6) is -0.397. The van der Waals surface area contributed by atoms with Gasteiger partial charge in [0.15, 0.2) is 0 Å². The third-order valence-electron chi connectivity index (χ3n) is 3.05. The van der Waals surface area contributed by atoms with Crippen LogP contribution in [0.25, 0.3) is 5.69 Å². The molecular formula is C13H11ClN2O2. The fraction of sp³-hybridized carbons (Fsp3) is 0.231. The van der Waals surface area contributed by atoms with Crippen molar-refractivity contribution in [3.63, 3.8) is 0 Å². The number of hydrogen-bond acceptors (Lipinski definition) is 2. The van der Waals surface area contributed by atoms with E-state index in [1.165, 1.54) is 25.0 Å². The van der Waals surface area contributed by atoms with Crippen LogP contribution in [0, 0.1) is 0 Å². The highest BCUT2D eigenvalue weighted by molar-refractivity contribution is 6.32. The lowest BCUT2D eigenvalue weighted by atomic mass is 10.2. The molecule has 92 valence electrons. The molecule has 2 aromatic rings. The Morgan fingerprint density at radius 2 is 2.17 bits per heavy atom. The van der Waals surface area contributed by atoms with Crippen LogP contribution >= 0.6 is 11.6 Å². The van der Waals surface area contributed by atoms with Crippen molar-refractivity contribution in [2.75, 3.05) is 0 Å². The molecule has 0 spiro atoms. The predicted molar refractivity (Wildman–Crippen MR) is 67.5 cm³/mol. The normalized spacial score (nSPS) is 14.7. The van der Waals surface area contributed by atoms with E-state index in [-0.39, 0.29) is 5.56 Å². The average Bonchev–Trinajstić information content (AvgIpc) is 3.08. The van der Waals surface area contributed by atoms with E-state index in [1.807, 2.05) is 12.3 Å². The van der Waals surface area contributed by atoms with Crippen LogP contribution in [-0.2, 0) is 0 Å². The summed E-state index contributed by atoms with van der Waals surface area (Å²) in [6.45, 7) is 0. The molecule has 1 aliphatic rings. The number of rotatable bonds is 3. The molecule has 0 amide bonds. The maximum absolute atomic E-state index is 10.8. The first kappa shape index (κ1) is 11.3. The molecule has 0 unspecified atom stereocenters. The van der Waals surface area contributed by atoms with Gasteiger partial charge in [0.1, 0.15) is 0 Å². The molecule has 1 heterocycles. The summed E-state index contributed by atoms with van der Waals surface area (Å²) in [6, 6.07) is 6.63. The summed E-state index contributed by atoms with van der Waals surface area (Å²) in [6.07, 6.45) is 4.25. The van der Waals surface area contributed by atoms with Gasteiger partial charge in [-0.25, -0.2) is 9.48 Å². The molecule has 0 radical (unpaired) electrons. The third-order valence-corrected chi connectivity index (χ3v) is 3.35. The van der Waals surface area contributed by atoms with Crippen molar-refractivity contribution in [2.24, 2.45) is 0 Å². The number of hydrogen-bond donors (Lipinski definition) is 1. The first-order valence-corrected chi connectivity index (χ1v) is 6.12. The molecule has 0 bridgehead atoms. The van der Waals surface area contributed by atoms with Crippen molar-refractivity contribution in [1.29, 1.82) is 0 Å². The molecule has 1 saturated carbocycles. The van der Waals surface area contributed by atoms with Gasteiger partial charge in [-0.1, -0.05) is 11.6 Å². The van der Waals surface area contributed by atoms with E-state index in [0.717, 1.165) is 5.69 Å². The first-order chi connectivity index (χ1) is 8.65. The fourth-order valence-electron chi connectivity index (χ4n) is 1.89. The highest BCUT2D eigenvalue weighted by atomic mass is 35.5. The van der Waals surface area contributed by atoms with Crippen LogP contribution < -0.4 is 0 Å². The van der Waals surface area contributed by atoms with E-state index in [0.29, 0.717) is 16.6 Å². The molecule has 1 aromatic carbocycles. The molecule has 18 heavy (non-hydrogen) atoms. The zero-order valence-electron chi connectivity index (χ0n) is 9.51. The molecule has 0 saturated heterocycles. The second-order valence-electron chi connectivity index (χ2n) is 4.43. The Kier molecular flexibility index (Phi) is 2.59.